The molecule has 1 aliphatic rings. The first kappa shape index (κ1) is 21.7. The van der Waals surface area contributed by atoms with Gasteiger partial charge in [-0.25, -0.2) is 14.2 Å². The van der Waals surface area contributed by atoms with Crippen molar-refractivity contribution in [2.75, 3.05) is 30.0 Å². The number of aryl methyl sites for hydroxylation is 1. The van der Waals surface area contributed by atoms with Crippen molar-refractivity contribution in [2.24, 2.45) is 0 Å². The smallest absolute Gasteiger partial charge is 0.323 e. The maximum Gasteiger partial charge on any atom is 0.323 e. The molecule has 1 aromatic heterocycles. The number of nitrogens with one attached hydrogen (secondary N) is 1. The third-order valence-corrected chi connectivity index (χ3v) is 5.73. The number of rotatable bonds is 6. The molecule has 0 aliphatic carbocycles. The standard InChI is InChI=1S/C24H26FN5O2/c1-15-13-18(25)9-10-19(15)21-20-14-26-24(32)30(16(2)17-7-5-4-6-8-17)22(20)28-23(27-21)29(3)11-12-31/h4-10,13,16,31H,11-12,14H2,1-3H3,(H,26,32)/t16-/m0/s1. The van der Waals surface area contributed by atoms with Gasteiger partial charge >= 0.3 is 6.03 Å². The van der Waals surface area contributed by atoms with Crippen LogP contribution in [0.15, 0.2) is 48.5 Å². The Kier molecular flexibility index (Phi) is 6.05. The molecule has 0 saturated heterocycles. The van der Waals surface area contributed by atoms with E-state index in [4.69, 9.17) is 9.97 Å². The first-order chi connectivity index (χ1) is 15.4. The van der Waals surface area contributed by atoms with Gasteiger partial charge in [0.2, 0.25) is 5.95 Å². The summed E-state index contributed by atoms with van der Waals surface area (Å²) in [6, 6.07) is 13.8. The minimum absolute atomic E-state index is 0.0630. The van der Waals surface area contributed by atoms with Crippen LogP contribution in [0.2, 0.25) is 0 Å². The Labute approximate surface area is 186 Å². The predicted octanol–water partition coefficient (Wildman–Crippen LogP) is 3.81. The number of aliphatic hydroxyl groups excluding tert-OH is 1. The van der Waals surface area contributed by atoms with Gasteiger partial charge in [0.05, 0.1) is 24.9 Å². The van der Waals surface area contributed by atoms with Gasteiger partial charge in [0, 0.05) is 24.7 Å². The Hall–Kier alpha value is -3.52. The summed E-state index contributed by atoms with van der Waals surface area (Å²) >= 11 is 0. The highest BCUT2D eigenvalue weighted by atomic mass is 19.1. The van der Waals surface area contributed by atoms with Crippen molar-refractivity contribution in [1.82, 2.24) is 15.3 Å². The Morgan fingerprint density at radius 3 is 2.66 bits per heavy atom. The lowest BCUT2D eigenvalue weighted by atomic mass is 9.99. The normalized spacial score (nSPS) is 14.0. The zero-order valence-electron chi connectivity index (χ0n) is 18.3. The molecular formula is C24H26FN5O2. The molecule has 2 amide bonds. The molecule has 8 heteroatoms. The number of hydrogen-bond donors (Lipinski definition) is 2. The molecule has 0 fully saturated rings. The monoisotopic (exact) mass is 435 g/mol. The van der Waals surface area contributed by atoms with Crippen molar-refractivity contribution >= 4 is 17.8 Å². The average Bonchev–Trinajstić information content (AvgIpc) is 2.78. The number of nitrogens with zero attached hydrogens (tertiary/aromatic N) is 4. The van der Waals surface area contributed by atoms with E-state index in [1.54, 1.807) is 22.9 Å². The largest absolute Gasteiger partial charge is 0.395 e. The second-order valence-electron chi connectivity index (χ2n) is 7.89. The summed E-state index contributed by atoms with van der Waals surface area (Å²) in [6.45, 7) is 4.32. The Morgan fingerprint density at radius 1 is 1.22 bits per heavy atom. The van der Waals surface area contributed by atoms with Crippen molar-refractivity contribution in [1.29, 1.82) is 0 Å². The highest BCUT2D eigenvalue weighted by Crippen LogP contribution is 2.38. The number of anilines is 2. The SMILES string of the molecule is Cc1cc(F)ccc1-c1nc(N(C)CCO)nc2c1CNC(=O)N2[C@@H](C)c1ccccc1. The second kappa shape index (κ2) is 8.92. The van der Waals surface area contributed by atoms with Crippen molar-refractivity contribution in [2.45, 2.75) is 26.4 Å². The summed E-state index contributed by atoms with van der Waals surface area (Å²) in [5.41, 5.74) is 3.88. The molecule has 4 rings (SSSR count). The van der Waals surface area contributed by atoms with Crippen LogP contribution in [0.4, 0.5) is 21.0 Å². The molecule has 0 radical (unpaired) electrons. The highest BCUT2D eigenvalue weighted by molar-refractivity contribution is 5.96. The van der Waals surface area contributed by atoms with Gasteiger partial charge in [-0.3, -0.25) is 4.90 Å². The number of amides is 2. The van der Waals surface area contributed by atoms with Crippen molar-refractivity contribution < 1.29 is 14.3 Å². The van der Waals surface area contributed by atoms with Gasteiger partial charge in [0.25, 0.3) is 0 Å². The lowest BCUT2D eigenvalue weighted by Crippen LogP contribution is -2.46. The molecule has 0 saturated carbocycles. The summed E-state index contributed by atoms with van der Waals surface area (Å²) in [7, 11) is 1.78. The third kappa shape index (κ3) is 4.01. The number of carbonyl (C=O) groups is 1. The van der Waals surface area contributed by atoms with E-state index in [2.05, 4.69) is 5.32 Å². The molecule has 2 heterocycles. The van der Waals surface area contributed by atoms with Crippen LogP contribution in [0, 0.1) is 12.7 Å². The zero-order valence-corrected chi connectivity index (χ0v) is 18.3. The van der Waals surface area contributed by atoms with E-state index in [0.717, 1.165) is 22.3 Å². The van der Waals surface area contributed by atoms with E-state index in [0.29, 0.717) is 24.0 Å². The van der Waals surface area contributed by atoms with Crippen LogP contribution in [0.5, 0.6) is 0 Å². The Bertz CT molecular complexity index is 1140. The Morgan fingerprint density at radius 2 is 1.97 bits per heavy atom. The zero-order chi connectivity index (χ0) is 22.8. The molecule has 0 bridgehead atoms. The van der Waals surface area contributed by atoms with E-state index < -0.39 is 0 Å². The first-order valence-corrected chi connectivity index (χ1v) is 10.5. The fraction of sp³-hybridized carbons (Fsp3) is 0.292. The lowest BCUT2D eigenvalue weighted by molar-refractivity contribution is 0.242. The first-order valence-electron chi connectivity index (χ1n) is 10.5. The number of halogens is 1. The maximum absolute atomic E-state index is 13.8. The number of aromatic nitrogens is 2. The summed E-state index contributed by atoms with van der Waals surface area (Å²) in [5.74, 6) is 0.578. The lowest BCUT2D eigenvalue weighted by Gasteiger charge is -2.35. The molecule has 0 spiro atoms. The molecule has 0 unspecified atom stereocenters. The quantitative estimate of drug-likeness (QED) is 0.615. The molecule has 1 aliphatic heterocycles. The van der Waals surface area contributed by atoms with E-state index in [9.17, 15) is 14.3 Å². The summed E-state index contributed by atoms with van der Waals surface area (Å²) in [4.78, 5) is 25.9. The summed E-state index contributed by atoms with van der Waals surface area (Å²) in [6.07, 6.45) is 0. The van der Waals surface area contributed by atoms with E-state index in [1.165, 1.54) is 12.1 Å². The summed E-state index contributed by atoms with van der Waals surface area (Å²) < 4.78 is 13.8. The van der Waals surface area contributed by atoms with Crippen LogP contribution < -0.4 is 15.1 Å². The molecule has 1 atom stereocenters. The van der Waals surface area contributed by atoms with Crippen molar-refractivity contribution in [3.8, 4) is 11.3 Å². The van der Waals surface area contributed by atoms with Gasteiger partial charge < -0.3 is 15.3 Å². The number of fused-ring (bicyclic) bond motifs is 1. The topological polar surface area (TPSA) is 81.6 Å². The van der Waals surface area contributed by atoms with Crippen LogP contribution in [-0.2, 0) is 6.54 Å². The second-order valence-corrected chi connectivity index (χ2v) is 7.89. The molecule has 32 heavy (non-hydrogen) atoms. The number of hydrogen-bond acceptors (Lipinski definition) is 5. The number of carbonyl (C=O) groups excluding carboxylic acids is 1. The Balaban J connectivity index is 1.92. The van der Waals surface area contributed by atoms with Gasteiger partial charge in [-0.05, 0) is 43.2 Å². The predicted molar refractivity (Wildman–Crippen MR) is 122 cm³/mol. The average molecular weight is 436 g/mol. The third-order valence-electron chi connectivity index (χ3n) is 5.73. The minimum atomic E-state index is -0.320. The molecule has 7 nitrogen and oxygen atoms in total. The van der Waals surface area contributed by atoms with Crippen LogP contribution in [-0.4, -0.2) is 41.3 Å². The minimum Gasteiger partial charge on any atom is -0.395 e. The number of likely N-dealkylation sites (N-methyl/N-ethyl adjacent to an activating group) is 1. The molecular weight excluding hydrogens is 409 g/mol. The van der Waals surface area contributed by atoms with Crippen LogP contribution in [0.3, 0.4) is 0 Å². The van der Waals surface area contributed by atoms with E-state index in [-0.39, 0.29) is 31.0 Å². The van der Waals surface area contributed by atoms with Crippen molar-refractivity contribution in [3.63, 3.8) is 0 Å². The molecule has 2 aromatic carbocycles. The van der Waals surface area contributed by atoms with E-state index >= 15 is 0 Å². The fourth-order valence-corrected chi connectivity index (χ4v) is 3.94. The van der Waals surface area contributed by atoms with Gasteiger partial charge in [0.15, 0.2) is 0 Å². The van der Waals surface area contributed by atoms with Crippen molar-refractivity contribution in [3.05, 3.63) is 71.0 Å². The number of aliphatic hydroxyl groups is 1. The molecule has 3 aromatic rings. The molecule has 2 N–H and O–H groups in total. The van der Waals surface area contributed by atoms with Crippen LogP contribution in [0.25, 0.3) is 11.3 Å². The number of urea groups is 1. The highest BCUT2D eigenvalue weighted by Gasteiger charge is 2.33. The van der Waals surface area contributed by atoms with Gasteiger partial charge in [-0.15, -0.1) is 0 Å². The molecule has 166 valence electrons. The fourth-order valence-electron chi connectivity index (χ4n) is 3.94. The van der Waals surface area contributed by atoms with E-state index in [1.807, 2.05) is 44.2 Å². The van der Waals surface area contributed by atoms with Crippen LogP contribution in [0.1, 0.15) is 29.7 Å². The van der Waals surface area contributed by atoms with Gasteiger partial charge in [-0.1, -0.05) is 30.3 Å². The van der Waals surface area contributed by atoms with Gasteiger partial charge in [0.1, 0.15) is 11.6 Å². The number of benzene rings is 2. The maximum atomic E-state index is 13.8. The van der Waals surface area contributed by atoms with Gasteiger partial charge in [-0.2, -0.15) is 4.98 Å². The van der Waals surface area contributed by atoms with Crippen LogP contribution >= 0.6 is 0 Å². The summed E-state index contributed by atoms with van der Waals surface area (Å²) in [5, 5.41) is 12.3.